The Morgan fingerprint density at radius 3 is 2.89 bits per heavy atom. The second-order valence-corrected chi connectivity index (χ2v) is 3.65. The lowest BCUT2D eigenvalue weighted by atomic mass is 10.5. The third-order valence-corrected chi connectivity index (χ3v) is 2.18. The molecule has 2 aromatic heterocycles. The van der Waals surface area contributed by atoms with Gasteiger partial charge in [-0.25, -0.2) is 15.0 Å². The van der Waals surface area contributed by atoms with E-state index < -0.39 is 24.1 Å². The van der Waals surface area contributed by atoms with Gasteiger partial charge in [0.2, 0.25) is 5.91 Å². The van der Waals surface area contributed by atoms with E-state index in [4.69, 9.17) is 5.73 Å². The maximum absolute atomic E-state index is 11.8. The minimum Gasteiger partial charge on any atom is -0.368 e. The second-order valence-electron chi connectivity index (χ2n) is 3.65. The zero-order valence-electron chi connectivity index (χ0n) is 9.78. The van der Waals surface area contributed by atoms with E-state index in [1.807, 2.05) is 5.48 Å². The van der Waals surface area contributed by atoms with Gasteiger partial charge in [-0.05, 0) is 12.1 Å². The number of nitrogens with zero attached hydrogens (tertiary/aromatic N) is 3. The van der Waals surface area contributed by atoms with Gasteiger partial charge in [0.25, 0.3) is 5.91 Å². The molecule has 2 heterocycles. The molecule has 2 rings (SSSR count). The molecule has 0 aliphatic heterocycles. The third-order valence-electron chi connectivity index (χ3n) is 2.18. The highest BCUT2D eigenvalue weighted by molar-refractivity contribution is 5.76. The van der Waals surface area contributed by atoms with E-state index in [9.17, 15) is 14.4 Å². The first-order chi connectivity index (χ1) is 9.08. The van der Waals surface area contributed by atoms with Crippen LogP contribution in [0.2, 0.25) is 0 Å². The summed E-state index contributed by atoms with van der Waals surface area (Å²) in [5, 5.41) is 3.95. The maximum atomic E-state index is 11.8. The summed E-state index contributed by atoms with van der Waals surface area (Å²) >= 11 is 0. The standard InChI is InChI=1S/C10H11N5O4/c11-7(16)6-19-13-9(17)5-15-10(18)14-4-2-1-3-8(14)12-15/h1-4H,5-6H2,(H2,11,16)(H,13,17). The van der Waals surface area contributed by atoms with Crippen LogP contribution in [0.1, 0.15) is 0 Å². The molecule has 19 heavy (non-hydrogen) atoms. The normalized spacial score (nSPS) is 10.5. The molecular formula is C10H11N5O4. The number of aromatic nitrogens is 3. The van der Waals surface area contributed by atoms with Crippen molar-refractivity contribution >= 4 is 17.5 Å². The highest BCUT2D eigenvalue weighted by Crippen LogP contribution is 1.94. The Balaban J connectivity index is 2.05. The van der Waals surface area contributed by atoms with Crippen LogP contribution >= 0.6 is 0 Å². The minimum absolute atomic E-state index is 0.320. The molecule has 0 fully saturated rings. The number of carbonyl (C=O) groups excluding carboxylic acids is 2. The number of pyridine rings is 1. The monoisotopic (exact) mass is 265 g/mol. The van der Waals surface area contributed by atoms with E-state index in [1.54, 1.807) is 24.4 Å². The lowest BCUT2D eigenvalue weighted by Gasteiger charge is -2.02. The third kappa shape index (κ3) is 2.96. The molecule has 0 bridgehead atoms. The summed E-state index contributed by atoms with van der Waals surface area (Å²) in [5.74, 6) is -1.34. The number of primary amides is 1. The van der Waals surface area contributed by atoms with Crippen LogP contribution in [-0.4, -0.2) is 32.6 Å². The fourth-order valence-electron chi connectivity index (χ4n) is 1.43. The summed E-state index contributed by atoms with van der Waals surface area (Å²) < 4.78 is 2.29. The minimum atomic E-state index is -0.717. The summed E-state index contributed by atoms with van der Waals surface area (Å²) in [4.78, 5) is 38.1. The van der Waals surface area contributed by atoms with Gasteiger partial charge in [0.15, 0.2) is 12.3 Å². The molecule has 0 saturated carbocycles. The molecule has 0 atom stereocenters. The lowest BCUT2D eigenvalue weighted by Crippen LogP contribution is -2.34. The molecule has 0 aliphatic carbocycles. The van der Waals surface area contributed by atoms with Crippen molar-refractivity contribution < 1.29 is 14.4 Å². The summed E-state index contributed by atoms with van der Waals surface area (Å²) in [6.45, 7) is -0.759. The molecule has 100 valence electrons. The van der Waals surface area contributed by atoms with Gasteiger partial charge in [-0.1, -0.05) is 6.07 Å². The number of nitrogens with one attached hydrogen (secondary N) is 1. The highest BCUT2D eigenvalue weighted by Gasteiger charge is 2.10. The predicted molar refractivity (Wildman–Crippen MR) is 62.7 cm³/mol. The summed E-state index contributed by atoms with van der Waals surface area (Å²) in [5.41, 5.74) is 6.79. The molecule has 2 aromatic rings. The van der Waals surface area contributed by atoms with Crippen LogP contribution in [0.15, 0.2) is 29.2 Å². The van der Waals surface area contributed by atoms with Crippen molar-refractivity contribution in [3.8, 4) is 0 Å². The SMILES string of the molecule is NC(=O)CONC(=O)Cn1nc2ccccn2c1=O. The molecule has 0 aliphatic rings. The van der Waals surface area contributed by atoms with Gasteiger partial charge in [-0.15, -0.1) is 5.10 Å². The molecule has 2 amide bonds. The fraction of sp³-hybridized carbons (Fsp3) is 0.200. The second kappa shape index (κ2) is 5.31. The highest BCUT2D eigenvalue weighted by atomic mass is 16.7. The van der Waals surface area contributed by atoms with Gasteiger partial charge in [0.1, 0.15) is 6.54 Å². The molecule has 0 spiro atoms. The Hall–Kier alpha value is -2.68. The Bertz CT molecular complexity index is 674. The average Bonchev–Trinajstić information content (AvgIpc) is 2.66. The lowest BCUT2D eigenvalue weighted by molar-refractivity contribution is -0.138. The summed E-state index contributed by atoms with van der Waals surface area (Å²) in [7, 11) is 0. The fourth-order valence-corrected chi connectivity index (χ4v) is 1.43. The van der Waals surface area contributed by atoms with Crippen LogP contribution in [0.3, 0.4) is 0 Å². The van der Waals surface area contributed by atoms with Crippen molar-refractivity contribution in [1.29, 1.82) is 0 Å². The van der Waals surface area contributed by atoms with Crippen molar-refractivity contribution in [2.24, 2.45) is 5.73 Å². The van der Waals surface area contributed by atoms with Crippen molar-refractivity contribution in [3.63, 3.8) is 0 Å². The van der Waals surface area contributed by atoms with Crippen molar-refractivity contribution in [1.82, 2.24) is 19.7 Å². The predicted octanol–water partition coefficient (Wildman–Crippen LogP) is -1.97. The first-order valence-electron chi connectivity index (χ1n) is 5.31. The number of hydrogen-bond acceptors (Lipinski definition) is 5. The number of fused-ring (bicyclic) bond motifs is 1. The topological polar surface area (TPSA) is 121 Å². The van der Waals surface area contributed by atoms with Gasteiger partial charge >= 0.3 is 5.69 Å². The Morgan fingerprint density at radius 1 is 1.42 bits per heavy atom. The number of rotatable bonds is 5. The Morgan fingerprint density at radius 2 is 2.21 bits per heavy atom. The van der Waals surface area contributed by atoms with E-state index in [1.165, 1.54) is 4.40 Å². The van der Waals surface area contributed by atoms with Crippen molar-refractivity contribution in [3.05, 3.63) is 34.9 Å². The van der Waals surface area contributed by atoms with Crippen molar-refractivity contribution in [2.45, 2.75) is 6.54 Å². The van der Waals surface area contributed by atoms with Crippen LogP contribution in [0.25, 0.3) is 5.65 Å². The number of hydroxylamine groups is 1. The van der Waals surface area contributed by atoms with Crippen molar-refractivity contribution in [2.75, 3.05) is 6.61 Å². The number of amides is 2. The van der Waals surface area contributed by atoms with Gasteiger partial charge in [0.05, 0.1) is 0 Å². The largest absolute Gasteiger partial charge is 0.368 e. The van der Waals surface area contributed by atoms with Crippen LogP contribution < -0.4 is 16.9 Å². The van der Waals surface area contributed by atoms with Crippen LogP contribution in [0.5, 0.6) is 0 Å². The Kier molecular flexibility index (Phi) is 3.57. The van der Waals surface area contributed by atoms with E-state index in [2.05, 4.69) is 9.94 Å². The molecule has 3 N–H and O–H groups in total. The van der Waals surface area contributed by atoms with Crippen LogP contribution in [0, 0.1) is 0 Å². The first-order valence-corrected chi connectivity index (χ1v) is 5.31. The van der Waals surface area contributed by atoms with Gasteiger partial charge in [-0.3, -0.25) is 18.8 Å². The average molecular weight is 265 g/mol. The zero-order valence-corrected chi connectivity index (χ0v) is 9.78. The molecular weight excluding hydrogens is 254 g/mol. The van der Waals surface area contributed by atoms with Gasteiger partial charge < -0.3 is 5.73 Å². The summed E-state index contributed by atoms with van der Waals surface area (Å²) in [6.07, 6.45) is 1.54. The number of hydrogen-bond donors (Lipinski definition) is 2. The molecule has 9 nitrogen and oxygen atoms in total. The molecule has 0 aromatic carbocycles. The maximum Gasteiger partial charge on any atom is 0.350 e. The Labute approximate surface area is 106 Å². The molecule has 0 radical (unpaired) electrons. The quantitative estimate of drug-likeness (QED) is 0.607. The van der Waals surface area contributed by atoms with E-state index in [0.717, 1.165) is 4.68 Å². The smallest absolute Gasteiger partial charge is 0.350 e. The van der Waals surface area contributed by atoms with Crippen LogP contribution in [0.4, 0.5) is 0 Å². The first kappa shape index (κ1) is 12.8. The number of carbonyl (C=O) groups is 2. The van der Waals surface area contributed by atoms with Crippen LogP contribution in [-0.2, 0) is 21.0 Å². The summed E-state index contributed by atoms with van der Waals surface area (Å²) in [6, 6.07) is 5.04. The van der Waals surface area contributed by atoms with Gasteiger partial charge in [-0.2, -0.15) is 0 Å². The van der Waals surface area contributed by atoms with E-state index in [-0.39, 0.29) is 6.54 Å². The molecule has 0 unspecified atom stereocenters. The van der Waals surface area contributed by atoms with Gasteiger partial charge in [0, 0.05) is 6.20 Å². The molecule has 9 heteroatoms. The number of nitrogens with two attached hydrogens (primary N) is 1. The molecule has 0 saturated heterocycles. The van der Waals surface area contributed by atoms with E-state index in [0.29, 0.717) is 5.65 Å². The van der Waals surface area contributed by atoms with E-state index >= 15 is 0 Å². The zero-order chi connectivity index (χ0) is 13.8.